The van der Waals surface area contributed by atoms with Gasteiger partial charge in [0, 0.05) is 25.4 Å². The van der Waals surface area contributed by atoms with Gasteiger partial charge in [-0.2, -0.15) is 28.1 Å². The lowest BCUT2D eigenvalue weighted by atomic mass is 10.1. The number of nitrogens with one attached hydrogen (secondary N) is 1. The molecule has 2 aromatic rings. The van der Waals surface area contributed by atoms with Crippen molar-refractivity contribution < 1.29 is 21.6 Å². The van der Waals surface area contributed by atoms with Crippen molar-refractivity contribution in [1.82, 2.24) is 24.3 Å². The summed E-state index contributed by atoms with van der Waals surface area (Å²) in [7, 11) is -1.38. The molecule has 0 aromatic carbocycles. The molecule has 0 spiro atoms. The van der Waals surface area contributed by atoms with Crippen molar-refractivity contribution in [3.8, 4) is 0 Å². The maximum atomic E-state index is 13.8. The summed E-state index contributed by atoms with van der Waals surface area (Å²) < 4.78 is 71.9. The lowest BCUT2D eigenvalue weighted by molar-refractivity contribution is -0.153. The van der Waals surface area contributed by atoms with Crippen molar-refractivity contribution in [2.24, 2.45) is 14.1 Å². The highest BCUT2D eigenvalue weighted by Gasteiger charge is 2.46. The molecule has 0 saturated carbocycles. The highest BCUT2D eigenvalue weighted by molar-refractivity contribution is 7.89. The van der Waals surface area contributed by atoms with Gasteiger partial charge >= 0.3 is 6.18 Å². The van der Waals surface area contributed by atoms with E-state index in [9.17, 15) is 21.6 Å². The molecule has 27 heavy (non-hydrogen) atoms. The van der Waals surface area contributed by atoms with Gasteiger partial charge in [-0.05, 0) is 26.7 Å². The predicted octanol–water partition coefficient (Wildman–Crippen LogP) is 2.48. The second-order valence-corrected chi connectivity index (χ2v) is 8.01. The maximum absolute atomic E-state index is 13.8. The van der Waals surface area contributed by atoms with E-state index in [1.807, 2.05) is 4.72 Å². The molecule has 7 nitrogen and oxygen atoms in total. The number of sulfonamides is 1. The number of nitrogens with zero attached hydrogens (tertiary/aromatic N) is 4. The molecule has 11 heteroatoms. The van der Waals surface area contributed by atoms with E-state index in [4.69, 9.17) is 0 Å². The smallest absolute Gasteiger partial charge is 0.272 e. The van der Waals surface area contributed by atoms with Gasteiger partial charge in [0.15, 0.2) is 0 Å². The Labute approximate surface area is 156 Å². The fourth-order valence-electron chi connectivity index (χ4n) is 3.24. The van der Waals surface area contributed by atoms with Crippen LogP contribution in [0.1, 0.15) is 48.2 Å². The second-order valence-electron chi connectivity index (χ2n) is 6.36. The lowest BCUT2D eigenvalue weighted by Crippen LogP contribution is -2.39. The average Bonchev–Trinajstić information content (AvgIpc) is 3.01. The Hall–Kier alpha value is -1.88. The monoisotopic (exact) mass is 407 g/mol. The van der Waals surface area contributed by atoms with Crippen LogP contribution in [0.25, 0.3) is 0 Å². The van der Waals surface area contributed by atoms with E-state index < -0.39 is 22.2 Å². The molecule has 2 rings (SSSR count). The summed E-state index contributed by atoms with van der Waals surface area (Å²) in [4.78, 5) is -0.177. The zero-order chi connectivity index (χ0) is 20.7. The number of aryl methyl sites for hydroxylation is 4. The third-order valence-electron chi connectivity index (χ3n) is 4.58. The molecule has 0 aliphatic rings. The summed E-state index contributed by atoms with van der Waals surface area (Å²) in [5.74, 6) is 0. The highest BCUT2D eigenvalue weighted by atomic mass is 32.2. The minimum absolute atomic E-state index is 0.123. The van der Waals surface area contributed by atoms with Crippen LogP contribution in [-0.4, -0.2) is 34.2 Å². The molecule has 0 bridgehead atoms. The summed E-state index contributed by atoms with van der Waals surface area (Å²) >= 11 is 0. The van der Waals surface area contributed by atoms with E-state index in [-0.39, 0.29) is 34.0 Å². The summed E-state index contributed by atoms with van der Waals surface area (Å²) in [6.45, 7) is 6.33. The lowest BCUT2D eigenvalue weighted by Gasteiger charge is -2.22. The molecule has 0 fully saturated rings. The van der Waals surface area contributed by atoms with E-state index >= 15 is 0 Å². The number of hydrogen-bond donors (Lipinski definition) is 1. The molecule has 0 radical (unpaired) electrons. The summed E-state index contributed by atoms with van der Waals surface area (Å²) in [6, 6.07) is -2.40. The van der Waals surface area contributed by atoms with Gasteiger partial charge in [-0.15, -0.1) is 0 Å². The van der Waals surface area contributed by atoms with Crippen LogP contribution in [0.4, 0.5) is 13.2 Å². The molecule has 1 atom stereocenters. The topological polar surface area (TPSA) is 81.8 Å². The molecular formula is C16H24F3N5O2S. The van der Waals surface area contributed by atoms with E-state index in [2.05, 4.69) is 10.2 Å². The Morgan fingerprint density at radius 2 is 1.67 bits per heavy atom. The minimum atomic E-state index is -4.83. The molecule has 0 saturated heterocycles. The molecule has 152 valence electrons. The van der Waals surface area contributed by atoms with Crippen molar-refractivity contribution in [1.29, 1.82) is 0 Å². The highest BCUT2D eigenvalue weighted by Crippen LogP contribution is 2.37. The van der Waals surface area contributed by atoms with E-state index in [0.29, 0.717) is 12.1 Å². The van der Waals surface area contributed by atoms with Crippen molar-refractivity contribution in [2.45, 2.75) is 57.7 Å². The van der Waals surface area contributed by atoms with Crippen LogP contribution in [0.2, 0.25) is 0 Å². The van der Waals surface area contributed by atoms with Crippen LogP contribution in [0.5, 0.6) is 0 Å². The Morgan fingerprint density at radius 3 is 2.07 bits per heavy atom. The summed E-state index contributed by atoms with van der Waals surface area (Å²) in [6.07, 6.45) is -4.22. The van der Waals surface area contributed by atoms with E-state index in [1.54, 1.807) is 20.9 Å². The van der Waals surface area contributed by atoms with Crippen molar-refractivity contribution in [2.75, 3.05) is 0 Å². The molecule has 0 amide bonds. The van der Waals surface area contributed by atoms with Gasteiger partial charge in [0.1, 0.15) is 10.9 Å². The summed E-state index contributed by atoms with van der Waals surface area (Å²) in [5.41, 5.74) is 0.781. The zero-order valence-corrected chi connectivity index (χ0v) is 17.0. The van der Waals surface area contributed by atoms with Gasteiger partial charge in [0.2, 0.25) is 10.0 Å². The quantitative estimate of drug-likeness (QED) is 0.798. The first kappa shape index (κ1) is 21.4. The van der Waals surface area contributed by atoms with Crippen LogP contribution in [0.15, 0.2) is 4.90 Å². The van der Waals surface area contributed by atoms with Crippen LogP contribution in [-0.2, 0) is 37.0 Å². The van der Waals surface area contributed by atoms with Crippen molar-refractivity contribution in [3.63, 3.8) is 0 Å². The van der Waals surface area contributed by atoms with Gasteiger partial charge < -0.3 is 0 Å². The third kappa shape index (κ3) is 3.88. The van der Waals surface area contributed by atoms with Crippen LogP contribution < -0.4 is 4.72 Å². The standard InChI is InChI=1S/C16H24F3N5O2S/c1-7-11-14(12(8-2)24(6)21-11)27(25,26)22-15(16(17,18)19)13-9(3)20-23(5)10(13)4/h15,22H,7-8H2,1-6H3/t15-/m0/s1. The molecule has 0 unspecified atom stereocenters. The van der Waals surface area contributed by atoms with Crippen molar-refractivity contribution >= 4 is 10.0 Å². The maximum Gasteiger partial charge on any atom is 0.409 e. The van der Waals surface area contributed by atoms with Crippen molar-refractivity contribution in [3.05, 3.63) is 28.3 Å². The number of aromatic nitrogens is 4. The number of hydrogen-bond acceptors (Lipinski definition) is 4. The Balaban J connectivity index is 2.63. The Kier molecular flexibility index (Phi) is 5.77. The fraction of sp³-hybridized carbons (Fsp3) is 0.625. The van der Waals surface area contributed by atoms with Crippen LogP contribution in [0, 0.1) is 13.8 Å². The van der Waals surface area contributed by atoms with Crippen LogP contribution >= 0.6 is 0 Å². The average molecular weight is 407 g/mol. The largest absolute Gasteiger partial charge is 0.409 e. The first-order valence-electron chi connectivity index (χ1n) is 8.48. The normalized spacial score (nSPS) is 14.0. The number of alkyl halides is 3. The van der Waals surface area contributed by atoms with Gasteiger partial charge in [-0.25, -0.2) is 8.42 Å². The Bertz CT molecular complexity index is 944. The molecule has 1 N–H and O–H groups in total. The minimum Gasteiger partial charge on any atom is -0.272 e. The van der Waals surface area contributed by atoms with E-state index in [1.165, 1.54) is 30.3 Å². The number of halogens is 3. The second kappa shape index (κ2) is 7.27. The SMILES string of the molecule is CCc1nn(C)c(CC)c1S(=O)(=O)N[C@@H](c1c(C)nn(C)c1C)C(F)(F)F. The zero-order valence-electron chi connectivity index (χ0n) is 16.1. The first-order valence-corrected chi connectivity index (χ1v) is 9.97. The first-order chi connectivity index (χ1) is 12.3. The van der Waals surface area contributed by atoms with Crippen LogP contribution in [0.3, 0.4) is 0 Å². The molecule has 2 aromatic heterocycles. The van der Waals surface area contributed by atoms with Gasteiger partial charge in [-0.3, -0.25) is 9.36 Å². The molecule has 2 heterocycles. The van der Waals surface area contributed by atoms with Gasteiger partial charge in [0.25, 0.3) is 0 Å². The predicted molar refractivity (Wildman–Crippen MR) is 93.8 cm³/mol. The molecule has 0 aliphatic heterocycles. The van der Waals surface area contributed by atoms with Gasteiger partial charge in [-0.1, -0.05) is 13.8 Å². The van der Waals surface area contributed by atoms with E-state index in [0.717, 1.165) is 0 Å². The third-order valence-corrected chi connectivity index (χ3v) is 6.13. The molecular weight excluding hydrogens is 383 g/mol. The fourth-order valence-corrected chi connectivity index (χ4v) is 5.00. The summed E-state index contributed by atoms with van der Waals surface area (Å²) in [5, 5.41) is 8.13. The molecule has 0 aliphatic carbocycles. The Morgan fingerprint density at radius 1 is 1.07 bits per heavy atom. The van der Waals surface area contributed by atoms with Gasteiger partial charge in [0.05, 0.1) is 17.1 Å². The number of rotatable bonds is 6.